The van der Waals surface area contributed by atoms with Gasteiger partial charge in [-0.25, -0.2) is 4.39 Å². The van der Waals surface area contributed by atoms with Crippen molar-refractivity contribution >= 4 is 57.2 Å². The maximum atomic E-state index is 14.3. The van der Waals surface area contributed by atoms with Crippen LogP contribution in [0.1, 0.15) is 18.4 Å². The quantitative estimate of drug-likeness (QED) is 0.225. The highest BCUT2D eigenvalue weighted by molar-refractivity contribution is 8.13. The third-order valence-electron chi connectivity index (χ3n) is 6.03. The zero-order chi connectivity index (χ0) is 23.2. The van der Waals surface area contributed by atoms with Crippen molar-refractivity contribution in [3.8, 4) is 0 Å². The van der Waals surface area contributed by atoms with Gasteiger partial charge < -0.3 is 10.3 Å². The van der Waals surface area contributed by atoms with Crippen molar-refractivity contribution in [2.24, 2.45) is 10.7 Å². The van der Waals surface area contributed by atoms with E-state index in [9.17, 15) is 14.0 Å². The molecular weight excluding hydrogens is 441 g/mol. The average molecular weight is 462 g/mol. The Bertz CT molecular complexity index is 1390. The summed E-state index contributed by atoms with van der Waals surface area (Å²) in [6.07, 6.45) is 4.37. The van der Waals surface area contributed by atoms with Crippen molar-refractivity contribution in [3.05, 3.63) is 71.7 Å². The lowest BCUT2D eigenvalue weighted by Crippen LogP contribution is -2.35. The number of thioether (sulfide) groups is 1. The first-order chi connectivity index (χ1) is 15.9. The fourth-order valence-corrected chi connectivity index (χ4v) is 5.16. The van der Waals surface area contributed by atoms with E-state index in [0.717, 1.165) is 10.9 Å². The molecule has 7 nitrogen and oxygen atoms in total. The number of hydrogen-bond acceptors (Lipinski definition) is 5. The molecule has 2 aliphatic heterocycles. The van der Waals surface area contributed by atoms with Crippen LogP contribution in [0.3, 0.4) is 0 Å². The maximum Gasteiger partial charge on any atom is 0.275 e. The molecule has 1 aromatic heterocycles. The Balaban J connectivity index is 1.72. The van der Waals surface area contributed by atoms with Crippen molar-refractivity contribution in [2.75, 3.05) is 5.75 Å². The standard InChI is InChI=1S/C24H20FN5O2S/c25-15-6-7-17-16(12-15)24(13-28-17,9-3-11-33-23(26)27)19-20(22(32)29-21(19)31)30-10-8-14-4-1-2-5-18(14)30/h1-2,4-8,10,12-13H,3,9,11H2,(H3,26,27)(H,29,31,32). The second-order valence-corrected chi connectivity index (χ2v) is 9.10. The number of imide groups is 1. The van der Waals surface area contributed by atoms with Crippen LogP contribution >= 0.6 is 11.8 Å². The maximum absolute atomic E-state index is 14.3. The normalized spacial score (nSPS) is 19.4. The predicted molar refractivity (Wildman–Crippen MR) is 128 cm³/mol. The number of fused-ring (bicyclic) bond motifs is 2. The van der Waals surface area contributed by atoms with Crippen LogP contribution in [0.5, 0.6) is 0 Å². The smallest absolute Gasteiger partial charge is 0.275 e. The van der Waals surface area contributed by atoms with Crippen LogP contribution in [0.25, 0.3) is 16.6 Å². The first-order valence-corrected chi connectivity index (χ1v) is 11.4. The van der Waals surface area contributed by atoms with Crippen LogP contribution in [0, 0.1) is 11.2 Å². The lowest BCUT2D eigenvalue weighted by Gasteiger charge is -2.29. The molecule has 0 saturated carbocycles. The van der Waals surface area contributed by atoms with Crippen LogP contribution in [-0.2, 0) is 15.0 Å². The molecule has 33 heavy (non-hydrogen) atoms. The number of para-hydroxylation sites is 1. The van der Waals surface area contributed by atoms with Crippen molar-refractivity contribution < 1.29 is 14.0 Å². The first-order valence-electron chi connectivity index (χ1n) is 10.4. The van der Waals surface area contributed by atoms with Crippen LogP contribution in [0.2, 0.25) is 0 Å². The van der Waals surface area contributed by atoms with E-state index in [4.69, 9.17) is 11.1 Å². The highest BCUT2D eigenvalue weighted by Crippen LogP contribution is 2.48. The second kappa shape index (κ2) is 8.00. The minimum Gasteiger partial charge on any atom is -0.379 e. The topological polar surface area (TPSA) is 113 Å². The molecule has 0 saturated heterocycles. The number of amides is 2. The number of carbonyl (C=O) groups excluding carboxylic acids is 2. The Kier molecular flexibility index (Phi) is 5.13. The Morgan fingerprint density at radius 2 is 2.00 bits per heavy atom. The fourth-order valence-electron chi connectivity index (χ4n) is 4.65. The number of carbonyl (C=O) groups is 2. The molecule has 0 fully saturated rings. The Hall–Kier alpha value is -3.72. The highest BCUT2D eigenvalue weighted by atomic mass is 32.2. The Morgan fingerprint density at radius 3 is 2.82 bits per heavy atom. The number of benzene rings is 2. The summed E-state index contributed by atoms with van der Waals surface area (Å²) in [5, 5.41) is 10.8. The number of nitrogens with two attached hydrogens (primary N) is 1. The molecule has 0 spiro atoms. The predicted octanol–water partition coefficient (Wildman–Crippen LogP) is 3.71. The van der Waals surface area contributed by atoms with Gasteiger partial charge in [0.2, 0.25) is 0 Å². The molecule has 0 radical (unpaired) electrons. The lowest BCUT2D eigenvalue weighted by atomic mass is 9.72. The number of hydrogen-bond donors (Lipinski definition) is 3. The molecule has 1 atom stereocenters. The van der Waals surface area contributed by atoms with Crippen LogP contribution < -0.4 is 11.1 Å². The highest BCUT2D eigenvalue weighted by Gasteiger charge is 2.49. The van der Waals surface area contributed by atoms with Crippen molar-refractivity contribution in [2.45, 2.75) is 18.3 Å². The van der Waals surface area contributed by atoms with Gasteiger partial charge in [0.15, 0.2) is 5.17 Å². The van der Waals surface area contributed by atoms with E-state index in [1.165, 1.54) is 23.9 Å². The molecule has 0 aliphatic carbocycles. The average Bonchev–Trinajstić information content (AvgIpc) is 3.45. The monoisotopic (exact) mass is 461 g/mol. The molecule has 3 heterocycles. The molecule has 9 heteroatoms. The van der Waals surface area contributed by atoms with E-state index in [-0.39, 0.29) is 16.4 Å². The van der Waals surface area contributed by atoms with E-state index in [1.54, 1.807) is 23.0 Å². The first kappa shape index (κ1) is 21.1. The second-order valence-electron chi connectivity index (χ2n) is 7.96. The SMILES string of the molecule is N=C(N)SCCCC1(C2=C(n3ccc4ccccc43)C(=O)NC2=O)C=Nc2ccc(F)cc21. The van der Waals surface area contributed by atoms with E-state index in [1.807, 2.05) is 30.3 Å². The van der Waals surface area contributed by atoms with Crippen LogP contribution in [-0.4, -0.2) is 33.5 Å². The number of aromatic nitrogens is 1. The van der Waals surface area contributed by atoms with Gasteiger partial charge in [-0.3, -0.25) is 25.3 Å². The van der Waals surface area contributed by atoms with Gasteiger partial charge in [0.1, 0.15) is 11.5 Å². The molecule has 2 amide bonds. The van der Waals surface area contributed by atoms with Crippen molar-refractivity contribution in [1.29, 1.82) is 5.41 Å². The largest absolute Gasteiger partial charge is 0.379 e. The lowest BCUT2D eigenvalue weighted by molar-refractivity contribution is -0.123. The van der Waals surface area contributed by atoms with E-state index >= 15 is 0 Å². The molecular formula is C24H20FN5O2S. The molecule has 166 valence electrons. The summed E-state index contributed by atoms with van der Waals surface area (Å²) >= 11 is 1.20. The number of rotatable bonds is 6. The van der Waals surface area contributed by atoms with Gasteiger partial charge in [-0.2, -0.15) is 0 Å². The molecule has 3 aromatic rings. The van der Waals surface area contributed by atoms with Gasteiger partial charge in [-0.15, -0.1) is 0 Å². The van der Waals surface area contributed by atoms with Gasteiger partial charge in [0.05, 0.1) is 22.2 Å². The molecule has 2 aromatic carbocycles. The minimum absolute atomic E-state index is 0.00286. The van der Waals surface area contributed by atoms with Gasteiger partial charge in [-0.1, -0.05) is 30.0 Å². The molecule has 2 aliphatic rings. The summed E-state index contributed by atoms with van der Waals surface area (Å²) in [4.78, 5) is 30.8. The van der Waals surface area contributed by atoms with Gasteiger partial charge in [0.25, 0.3) is 11.8 Å². The molecule has 5 rings (SSSR count). The van der Waals surface area contributed by atoms with E-state index < -0.39 is 23.0 Å². The van der Waals surface area contributed by atoms with Crippen molar-refractivity contribution in [3.63, 3.8) is 0 Å². The van der Waals surface area contributed by atoms with E-state index in [0.29, 0.717) is 29.8 Å². The van der Waals surface area contributed by atoms with Crippen molar-refractivity contribution in [1.82, 2.24) is 9.88 Å². The summed E-state index contributed by atoms with van der Waals surface area (Å²) in [5.74, 6) is -0.928. The summed E-state index contributed by atoms with van der Waals surface area (Å²) in [6.45, 7) is 0. The third-order valence-corrected chi connectivity index (χ3v) is 6.83. The zero-order valence-corrected chi connectivity index (χ0v) is 18.3. The minimum atomic E-state index is -1.09. The van der Waals surface area contributed by atoms with Crippen LogP contribution in [0.4, 0.5) is 10.1 Å². The zero-order valence-electron chi connectivity index (χ0n) is 17.5. The van der Waals surface area contributed by atoms with E-state index in [2.05, 4.69) is 10.3 Å². The number of aliphatic imine (C=N–C) groups is 1. The Morgan fingerprint density at radius 1 is 1.18 bits per heavy atom. The summed E-state index contributed by atoms with van der Waals surface area (Å²) in [6, 6.07) is 13.7. The third kappa shape index (κ3) is 3.45. The molecule has 4 N–H and O–H groups in total. The number of nitrogens with one attached hydrogen (secondary N) is 2. The molecule has 1 unspecified atom stereocenters. The summed E-state index contributed by atoms with van der Waals surface area (Å²) in [5.41, 5.74) is 6.72. The number of halogens is 1. The Labute approximate surface area is 193 Å². The summed E-state index contributed by atoms with van der Waals surface area (Å²) < 4.78 is 16.1. The fraction of sp³-hybridized carbons (Fsp3) is 0.167. The van der Waals surface area contributed by atoms with Gasteiger partial charge >= 0.3 is 0 Å². The molecule has 0 bridgehead atoms. The summed E-state index contributed by atoms with van der Waals surface area (Å²) in [7, 11) is 0. The van der Waals surface area contributed by atoms with Crippen LogP contribution in [0.15, 0.2) is 65.3 Å². The van der Waals surface area contributed by atoms with Gasteiger partial charge in [0, 0.05) is 18.2 Å². The number of nitrogens with zero attached hydrogens (tertiary/aromatic N) is 2. The van der Waals surface area contributed by atoms with Gasteiger partial charge in [-0.05, 0) is 54.1 Å². The number of amidine groups is 1.